The van der Waals surface area contributed by atoms with Crippen LogP contribution in [0.2, 0.25) is 0 Å². The molecule has 2 nitrogen and oxygen atoms in total. The summed E-state index contributed by atoms with van der Waals surface area (Å²) in [6.07, 6.45) is 12.2. The van der Waals surface area contributed by atoms with Crippen molar-refractivity contribution in [1.82, 2.24) is 0 Å². The zero-order chi connectivity index (χ0) is 21.3. The van der Waals surface area contributed by atoms with E-state index in [0.717, 1.165) is 11.3 Å². The van der Waals surface area contributed by atoms with Crippen LogP contribution in [-0.2, 0) is 31.1 Å². The predicted molar refractivity (Wildman–Crippen MR) is 128 cm³/mol. The molecule has 0 N–H and O–H groups in total. The molecule has 0 heterocycles. The Labute approximate surface area is 182 Å². The number of aryl methyl sites for hydroxylation is 2. The monoisotopic (exact) mass is 403 g/mol. The lowest BCUT2D eigenvalue weighted by atomic mass is 9.81. The van der Waals surface area contributed by atoms with Gasteiger partial charge in [0.2, 0.25) is 0 Å². The topological polar surface area (TPSA) is 21.6 Å². The van der Waals surface area contributed by atoms with Crippen molar-refractivity contribution in [1.29, 1.82) is 0 Å². The first-order chi connectivity index (χ1) is 14.3. The first-order valence-electron chi connectivity index (χ1n) is 11.9. The molecule has 2 aliphatic carbocycles. The van der Waals surface area contributed by atoms with Crippen molar-refractivity contribution in [3.8, 4) is 5.75 Å². The molecule has 2 aromatic rings. The third-order valence-electron chi connectivity index (χ3n) is 6.48. The molecule has 0 fully saturated rings. The lowest BCUT2D eigenvalue weighted by Gasteiger charge is -2.26. The summed E-state index contributed by atoms with van der Waals surface area (Å²) in [4.78, 5) is 5.19. The molecule has 0 unspecified atom stereocenters. The summed E-state index contributed by atoms with van der Waals surface area (Å²) in [5.74, 6) is 0.988. The van der Waals surface area contributed by atoms with Crippen LogP contribution in [-0.4, -0.2) is 12.3 Å². The van der Waals surface area contributed by atoms with Gasteiger partial charge in [0.25, 0.3) is 0 Å². The molecule has 0 saturated heterocycles. The first-order valence-corrected chi connectivity index (χ1v) is 11.9. The van der Waals surface area contributed by atoms with E-state index in [4.69, 9.17) is 9.73 Å². The number of rotatable bonds is 4. The highest BCUT2D eigenvalue weighted by Gasteiger charge is 2.23. The number of hydrogen-bond donors (Lipinski definition) is 0. The van der Waals surface area contributed by atoms with Crippen LogP contribution in [0.1, 0.15) is 93.7 Å². The summed E-state index contributed by atoms with van der Waals surface area (Å²) in [6.45, 7) is 11.0. The smallest absolute Gasteiger partial charge is 0.132 e. The first kappa shape index (κ1) is 21.2. The maximum atomic E-state index is 6.33. The van der Waals surface area contributed by atoms with Crippen molar-refractivity contribution in [2.24, 2.45) is 4.99 Å². The van der Waals surface area contributed by atoms with Crippen molar-refractivity contribution in [2.75, 3.05) is 0 Å². The van der Waals surface area contributed by atoms with Gasteiger partial charge in [0.1, 0.15) is 5.75 Å². The Hall–Kier alpha value is -2.09. The second kappa shape index (κ2) is 8.57. The van der Waals surface area contributed by atoms with Crippen LogP contribution in [0.25, 0.3) is 0 Å². The van der Waals surface area contributed by atoms with E-state index < -0.39 is 0 Å². The molecule has 2 aliphatic rings. The van der Waals surface area contributed by atoms with E-state index in [9.17, 15) is 0 Å². The molecule has 0 spiro atoms. The van der Waals surface area contributed by atoms with Gasteiger partial charge in [-0.15, -0.1) is 0 Å². The summed E-state index contributed by atoms with van der Waals surface area (Å²) < 4.78 is 6.33. The van der Waals surface area contributed by atoms with Crippen molar-refractivity contribution < 1.29 is 4.74 Å². The van der Waals surface area contributed by atoms with Gasteiger partial charge in [-0.25, -0.2) is 0 Å². The van der Waals surface area contributed by atoms with Gasteiger partial charge in [-0.05, 0) is 98.9 Å². The Kier molecular flexibility index (Phi) is 6.04. The van der Waals surface area contributed by atoms with Crippen molar-refractivity contribution >= 4 is 11.9 Å². The van der Waals surface area contributed by atoms with Crippen molar-refractivity contribution in [2.45, 2.75) is 97.5 Å². The Morgan fingerprint density at radius 2 is 1.50 bits per heavy atom. The lowest BCUT2D eigenvalue weighted by molar-refractivity contribution is 0.236. The summed E-state index contributed by atoms with van der Waals surface area (Å²) in [5.41, 5.74) is 9.77. The van der Waals surface area contributed by atoms with Crippen LogP contribution in [0, 0.1) is 0 Å². The van der Waals surface area contributed by atoms with Gasteiger partial charge in [0.15, 0.2) is 0 Å². The summed E-state index contributed by atoms with van der Waals surface area (Å²) >= 11 is 0. The summed E-state index contributed by atoms with van der Waals surface area (Å²) in [6, 6.07) is 9.00. The normalized spacial score (nSPS) is 16.6. The van der Waals surface area contributed by atoms with Crippen molar-refractivity contribution in [3.05, 3.63) is 57.6 Å². The molecular formula is C28H37NO. The number of para-hydroxylation sites is 1. The molecule has 0 aromatic heterocycles. The average molecular weight is 404 g/mol. The van der Waals surface area contributed by atoms with Gasteiger partial charge < -0.3 is 4.74 Å². The van der Waals surface area contributed by atoms with Crippen LogP contribution >= 0.6 is 0 Å². The molecule has 0 saturated carbocycles. The lowest BCUT2D eigenvalue weighted by Crippen LogP contribution is -2.17. The van der Waals surface area contributed by atoms with Gasteiger partial charge in [-0.3, -0.25) is 4.99 Å². The van der Waals surface area contributed by atoms with Gasteiger partial charge in [0, 0.05) is 17.3 Å². The van der Waals surface area contributed by atoms with E-state index >= 15 is 0 Å². The minimum Gasteiger partial charge on any atom is -0.490 e. The predicted octanol–water partition coefficient (Wildman–Crippen LogP) is 7.28. The zero-order valence-electron chi connectivity index (χ0n) is 19.5. The number of aliphatic imine (C=N–C) groups is 1. The van der Waals surface area contributed by atoms with Crippen LogP contribution in [0.3, 0.4) is 0 Å². The number of nitrogens with zero attached hydrogens (tertiary/aromatic N) is 1. The highest BCUT2D eigenvalue weighted by atomic mass is 16.5. The largest absolute Gasteiger partial charge is 0.490 e. The molecular weight excluding hydrogens is 366 g/mol. The molecule has 4 rings (SSSR count). The number of ether oxygens (including phenoxy) is 1. The minimum atomic E-state index is 0.0269. The van der Waals surface area contributed by atoms with E-state index in [1.54, 1.807) is 11.1 Å². The molecule has 2 aromatic carbocycles. The Morgan fingerprint density at radius 1 is 0.900 bits per heavy atom. The fourth-order valence-corrected chi connectivity index (χ4v) is 5.01. The second-order valence-corrected chi connectivity index (χ2v) is 10.3. The van der Waals surface area contributed by atoms with E-state index in [2.05, 4.69) is 65.1 Å². The van der Waals surface area contributed by atoms with Gasteiger partial charge >= 0.3 is 0 Å². The van der Waals surface area contributed by atoms with Crippen LogP contribution < -0.4 is 4.74 Å². The van der Waals surface area contributed by atoms with Crippen molar-refractivity contribution in [3.63, 3.8) is 0 Å². The quantitative estimate of drug-likeness (QED) is 0.492. The van der Waals surface area contributed by atoms with Crippen LogP contribution in [0.5, 0.6) is 5.75 Å². The third-order valence-corrected chi connectivity index (χ3v) is 6.48. The molecule has 0 bridgehead atoms. The summed E-state index contributed by atoms with van der Waals surface area (Å²) in [7, 11) is 0. The Balaban J connectivity index is 1.81. The highest BCUT2D eigenvalue weighted by molar-refractivity contribution is 5.87. The SMILES string of the molecule is CC(C)Oc1c(C=Nc2c3c(cc4c2CCCC4)CCCC3)cccc1C(C)(C)C. The number of fused-ring (bicyclic) bond motifs is 2. The van der Waals surface area contributed by atoms with Gasteiger partial charge in [-0.2, -0.15) is 0 Å². The Morgan fingerprint density at radius 3 is 2.07 bits per heavy atom. The standard InChI is InChI=1S/C28H37NO/c1-19(2)30-27-22(13-10-16-25(27)28(3,4)5)18-29-26-23-14-8-6-11-20(23)17-21-12-7-9-15-24(21)26/h10,13,16-19H,6-9,11-12,14-15H2,1-5H3. The molecule has 2 heteroatoms. The fourth-order valence-electron chi connectivity index (χ4n) is 5.01. The van der Waals surface area contributed by atoms with E-state index in [0.29, 0.717) is 0 Å². The number of benzene rings is 2. The molecule has 160 valence electrons. The maximum Gasteiger partial charge on any atom is 0.132 e. The molecule has 0 amide bonds. The fraction of sp³-hybridized carbons (Fsp3) is 0.536. The second-order valence-electron chi connectivity index (χ2n) is 10.3. The third kappa shape index (κ3) is 4.33. The summed E-state index contributed by atoms with van der Waals surface area (Å²) in [5, 5.41) is 0. The van der Waals surface area contributed by atoms with Gasteiger partial charge in [0.05, 0.1) is 11.8 Å². The average Bonchev–Trinajstić information content (AvgIpc) is 2.70. The zero-order valence-corrected chi connectivity index (χ0v) is 19.5. The minimum absolute atomic E-state index is 0.0269. The molecule has 30 heavy (non-hydrogen) atoms. The Bertz CT molecular complexity index is 912. The number of hydrogen-bond acceptors (Lipinski definition) is 2. The molecule has 0 aliphatic heterocycles. The molecule has 0 atom stereocenters. The van der Waals surface area contributed by atoms with Crippen LogP contribution in [0.4, 0.5) is 5.69 Å². The molecule has 0 radical (unpaired) electrons. The van der Waals surface area contributed by atoms with Gasteiger partial charge in [-0.1, -0.05) is 39.0 Å². The highest BCUT2D eigenvalue weighted by Crippen LogP contribution is 2.40. The maximum absolute atomic E-state index is 6.33. The van der Waals surface area contributed by atoms with E-state index in [-0.39, 0.29) is 11.5 Å². The van der Waals surface area contributed by atoms with Crippen LogP contribution in [0.15, 0.2) is 29.3 Å². The van der Waals surface area contributed by atoms with E-state index in [1.807, 2.05) is 0 Å². The van der Waals surface area contributed by atoms with E-state index in [1.165, 1.54) is 73.7 Å².